The third-order valence-electron chi connectivity index (χ3n) is 3.09. The Hall–Kier alpha value is -1.42. The van der Waals surface area contributed by atoms with E-state index in [1.807, 2.05) is 13.8 Å². The zero-order valence-electron chi connectivity index (χ0n) is 11.2. The molecule has 1 N–H and O–H groups in total. The molecule has 100 valence electrons. The van der Waals surface area contributed by atoms with E-state index < -0.39 is 11.4 Å². The molecule has 3 nitrogen and oxygen atoms in total. The first kappa shape index (κ1) is 14.6. The second-order valence-electron chi connectivity index (χ2n) is 5.00. The maximum atomic E-state index is 13.5. The standard InChI is InChI=1S/C14H19FO3/c1-9(2)14(4,17)8-18-11-5-6-12(10(3)16)13(15)7-11/h5-7,9,17H,8H2,1-4H3. The number of aliphatic hydroxyl groups is 1. The number of hydrogen-bond acceptors (Lipinski definition) is 3. The summed E-state index contributed by atoms with van der Waals surface area (Å²) in [4.78, 5) is 11.1. The lowest BCUT2D eigenvalue weighted by Crippen LogP contribution is -2.37. The van der Waals surface area contributed by atoms with Gasteiger partial charge in [-0.25, -0.2) is 4.39 Å². The average molecular weight is 254 g/mol. The van der Waals surface area contributed by atoms with E-state index >= 15 is 0 Å². The summed E-state index contributed by atoms with van der Waals surface area (Å²) in [5.41, 5.74) is -0.937. The molecule has 0 aromatic heterocycles. The number of hydrogen-bond donors (Lipinski definition) is 1. The predicted octanol–water partition coefficient (Wildman–Crippen LogP) is 2.81. The first-order chi connectivity index (χ1) is 8.24. The Bertz CT molecular complexity index is 439. The van der Waals surface area contributed by atoms with Crippen LogP contribution >= 0.6 is 0 Å². The van der Waals surface area contributed by atoms with Crippen LogP contribution in [0.1, 0.15) is 38.1 Å². The van der Waals surface area contributed by atoms with Crippen molar-refractivity contribution in [3.63, 3.8) is 0 Å². The van der Waals surface area contributed by atoms with Crippen molar-refractivity contribution in [2.45, 2.75) is 33.3 Å². The summed E-state index contributed by atoms with van der Waals surface area (Å²) in [5.74, 6) is -0.602. The zero-order valence-corrected chi connectivity index (χ0v) is 11.2. The summed E-state index contributed by atoms with van der Waals surface area (Å²) in [5, 5.41) is 9.99. The molecule has 0 spiro atoms. The number of carbonyl (C=O) groups is 1. The van der Waals surface area contributed by atoms with Crippen molar-refractivity contribution < 1.29 is 19.0 Å². The molecule has 0 aliphatic carbocycles. The van der Waals surface area contributed by atoms with E-state index in [1.165, 1.54) is 19.1 Å². The first-order valence-corrected chi connectivity index (χ1v) is 5.89. The monoisotopic (exact) mass is 254 g/mol. The highest BCUT2D eigenvalue weighted by atomic mass is 19.1. The van der Waals surface area contributed by atoms with Crippen molar-refractivity contribution >= 4 is 5.78 Å². The third-order valence-corrected chi connectivity index (χ3v) is 3.09. The van der Waals surface area contributed by atoms with E-state index in [-0.39, 0.29) is 23.9 Å². The van der Waals surface area contributed by atoms with E-state index in [2.05, 4.69) is 0 Å². The number of carbonyl (C=O) groups excluding carboxylic acids is 1. The van der Waals surface area contributed by atoms with Gasteiger partial charge in [-0.3, -0.25) is 4.79 Å². The summed E-state index contributed by atoms with van der Waals surface area (Å²) < 4.78 is 18.9. The maximum Gasteiger partial charge on any atom is 0.162 e. The van der Waals surface area contributed by atoms with Crippen LogP contribution in [-0.4, -0.2) is 23.1 Å². The SMILES string of the molecule is CC(=O)c1ccc(OCC(C)(O)C(C)C)cc1F. The number of halogens is 1. The van der Waals surface area contributed by atoms with Gasteiger partial charge < -0.3 is 9.84 Å². The van der Waals surface area contributed by atoms with E-state index in [0.717, 1.165) is 6.07 Å². The Morgan fingerprint density at radius 3 is 2.56 bits per heavy atom. The van der Waals surface area contributed by atoms with Gasteiger partial charge in [0.25, 0.3) is 0 Å². The molecule has 4 heteroatoms. The van der Waals surface area contributed by atoms with E-state index in [9.17, 15) is 14.3 Å². The molecule has 0 heterocycles. The molecular weight excluding hydrogens is 235 g/mol. The van der Waals surface area contributed by atoms with Crippen LogP contribution in [0.4, 0.5) is 4.39 Å². The van der Waals surface area contributed by atoms with E-state index in [1.54, 1.807) is 6.92 Å². The fraction of sp³-hybridized carbons (Fsp3) is 0.500. The van der Waals surface area contributed by atoms with Gasteiger partial charge in [0.2, 0.25) is 0 Å². The Morgan fingerprint density at radius 2 is 2.11 bits per heavy atom. The molecule has 0 saturated carbocycles. The molecular formula is C14H19FO3. The van der Waals surface area contributed by atoms with Crippen LogP contribution in [0.2, 0.25) is 0 Å². The van der Waals surface area contributed by atoms with Gasteiger partial charge in [0.1, 0.15) is 18.2 Å². The number of ether oxygens (including phenoxy) is 1. The maximum absolute atomic E-state index is 13.5. The van der Waals surface area contributed by atoms with Crippen molar-refractivity contribution in [2.75, 3.05) is 6.61 Å². The smallest absolute Gasteiger partial charge is 0.162 e. The summed E-state index contributed by atoms with van der Waals surface area (Å²) in [6.07, 6.45) is 0. The van der Waals surface area contributed by atoms with Crippen molar-refractivity contribution in [1.29, 1.82) is 0 Å². The van der Waals surface area contributed by atoms with Crippen LogP contribution in [0.25, 0.3) is 0 Å². The first-order valence-electron chi connectivity index (χ1n) is 5.89. The van der Waals surface area contributed by atoms with Gasteiger partial charge >= 0.3 is 0 Å². The molecule has 0 saturated heterocycles. The van der Waals surface area contributed by atoms with E-state index in [4.69, 9.17) is 4.74 Å². The topological polar surface area (TPSA) is 46.5 Å². The van der Waals surface area contributed by atoms with Crippen molar-refractivity contribution in [3.8, 4) is 5.75 Å². The van der Waals surface area contributed by atoms with Gasteiger partial charge in [-0.1, -0.05) is 13.8 Å². The van der Waals surface area contributed by atoms with Crippen LogP contribution in [0.15, 0.2) is 18.2 Å². The molecule has 1 aromatic carbocycles. The molecule has 1 rings (SSSR count). The van der Waals surface area contributed by atoms with Gasteiger partial charge in [0.05, 0.1) is 11.2 Å². The lowest BCUT2D eigenvalue weighted by Gasteiger charge is -2.27. The third kappa shape index (κ3) is 3.53. The molecule has 18 heavy (non-hydrogen) atoms. The second-order valence-corrected chi connectivity index (χ2v) is 5.00. The van der Waals surface area contributed by atoms with Gasteiger partial charge in [0, 0.05) is 6.07 Å². The van der Waals surface area contributed by atoms with Crippen LogP contribution in [0.5, 0.6) is 5.75 Å². The molecule has 0 radical (unpaired) electrons. The molecule has 1 unspecified atom stereocenters. The summed E-state index contributed by atoms with van der Waals surface area (Å²) in [7, 11) is 0. The largest absolute Gasteiger partial charge is 0.490 e. The minimum atomic E-state index is -0.976. The Labute approximate surface area is 107 Å². The number of Topliss-reactive ketones (excluding diaryl/α,β-unsaturated/α-hetero) is 1. The van der Waals surface area contributed by atoms with Crippen LogP contribution in [0.3, 0.4) is 0 Å². The van der Waals surface area contributed by atoms with Gasteiger partial charge in [-0.15, -0.1) is 0 Å². The lowest BCUT2D eigenvalue weighted by atomic mass is 9.94. The summed E-state index contributed by atoms with van der Waals surface area (Å²) in [6, 6.07) is 4.07. The molecule has 1 atom stereocenters. The molecule has 0 aliphatic rings. The Morgan fingerprint density at radius 1 is 1.50 bits per heavy atom. The highest BCUT2D eigenvalue weighted by Gasteiger charge is 2.25. The van der Waals surface area contributed by atoms with E-state index in [0.29, 0.717) is 5.75 Å². The van der Waals surface area contributed by atoms with Crippen molar-refractivity contribution in [2.24, 2.45) is 5.92 Å². The Kier molecular flexibility index (Phi) is 4.46. The minimum absolute atomic E-state index is 0.0267. The minimum Gasteiger partial charge on any atom is -0.490 e. The molecule has 0 aliphatic heterocycles. The summed E-state index contributed by atoms with van der Waals surface area (Å²) in [6.45, 7) is 6.80. The fourth-order valence-corrected chi connectivity index (χ4v) is 1.27. The number of ketones is 1. The van der Waals surface area contributed by atoms with Gasteiger partial charge in [-0.05, 0) is 31.9 Å². The highest BCUT2D eigenvalue weighted by Crippen LogP contribution is 2.21. The Balaban J connectivity index is 2.76. The number of benzene rings is 1. The normalized spacial score (nSPS) is 14.4. The van der Waals surface area contributed by atoms with Crippen LogP contribution < -0.4 is 4.74 Å². The van der Waals surface area contributed by atoms with Crippen molar-refractivity contribution in [1.82, 2.24) is 0 Å². The van der Waals surface area contributed by atoms with Crippen molar-refractivity contribution in [3.05, 3.63) is 29.6 Å². The predicted molar refractivity (Wildman–Crippen MR) is 67.4 cm³/mol. The van der Waals surface area contributed by atoms with Crippen LogP contribution in [0, 0.1) is 11.7 Å². The highest BCUT2D eigenvalue weighted by molar-refractivity contribution is 5.94. The van der Waals surface area contributed by atoms with Gasteiger partial charge in [0.15, 0.2) is 5.78 Å². The van der Waals surface area contributed by atoms with Crippen LogP contribution in [-0.2, 0) is 0 Å². The lowest BCUT2D eigenvalue weighted by molar-refractivity contribution is -0.0267. The molecule has 0 amide bonds. The van der Waals surface area contributed by atoms with Gasteiger partial charge in [-0.2, -0.15) is 0 Å². The molecule has 0 fully saturated rings. The zero-order chi connectivity index (χ0) is 13.9. The fourth-order valence-electron chi connectivity index (χ4n) is 1.27. The molecule has 0 bridgehead atoms. The number of rotatable bonds is 5. The second kappa shape index (κ2) is 5.48. The average Bonchev–Trinajstić information content (AvgIpc) is 2.25. The quantitative estimate of drug-likeness (QED) is 0.822. The summed E-state index contributed by atoms with van der Waals surface area (Å²) >= 11 is 0. The molecule has 1 aromatic rings.